The van der Waals surface area contributed by atoms with E-state index in [1.165, 1.54) is 0 Å². The maximum Gasteiger partial charge on any atom is 0.216 e. The van der Waals surface area contributed by atoms with Crippen molar-refractivity contribution in [2.45, 2.75) is 19.4 Å². The fourth-order valence-corrected chi connectivity index (χ4v) is 1.59. The fourth-order valence-electron chi connectivity index (χ4n) is 1.59. The number of hydrogen-bond donors (Lipinski definition) is 1. The van der Waals surface area contributed by atoms with Crippen LogP contribution in [0.2, 0.25) is 0 Å². The molecular weight excluding hydrogens is 192 g/mol. The number of nitrogens with zero attached hydrogens (tertiary/aromatic N) is 1. The maximum atomic E-state index is 5.71. The average molecular weight is 208 g/mol. The van der Waals surface area contributed by atoms with Gasteiger partial charge < -0.3 is 14.8 Å². The fraction of sp³-hybridized carbons (Fsp3) is 0.545. The van der Waals surface area contributed by atoms with Crippen LogP contribution < -0.4 is 14.8 Å². The summed E-state index contributed by atoms with van der Waals surface area (Å²) in [6, 6.07) is 5.60. The molecule has 1 aromatic rings. The molecule has 4 heteroatoms. The molecule has 0 amide bonds. The van der Waals surface area contributed by atoms with E-state index in [4.69, 9.17) is 9.47 Å². The Kier molecular flexibility index (Phi) is 3.40. The smallest absolute Gasteiger partial charge is 0.216 e. The molecule has 1 saturated heterocycles. The molecule has 4 nitrogen and oxygen atoms in total. The van der Waals surface area contributed by atoms with Crippen LogP contribution >= 0.6 is 0 Å². The van der Waals surface area contributed by atoms with Gasteiger partial charge in [-0.25, -0.2) is 0 Å². The first-order chi connectivity index (χ1) is 7.38. The van der Waals surface area contributed by atoms with Gasteiger partial charge in [0.1, 0.15) is 6.10 Å². The van der Waals surface area contributed by atoms with Gasteiger partial charge in [0.05, 0.1) is 6.61 Å². The normalized spacial score (nSPS) is 20.2. The molecule has 1 unspecified atom stereocenters. The van der Waals surface area contributed by atoms with Gasteiger partial charge in [0.15, 0.2) is 0 Å². The minimum absolute atomic E-state index is 0.245. The zero-order valence-electron chi connectivity index (χ0n) is 8.90. The van der Waals surface area contributed by atoms with Crippen molar-refractivity contribution in [3.8, 4) is 11.8 Å². The highest BCUT2D eigenvalue weighted by molar-refractivity contribution is 5.20. The van der Waals surface area contributed by atoms with E-state index in [-0.39, 0.29) is 6.10 Å². The zero-order valence-corrected chi connectivity index (χ0v) is 8.90. The lowest BCUT2D eigenvalue weighted by atomic mass is 10.3. The maximum absolute atomic E-state index is 5.71. The third kappa shape index (κ3) is 2.83. The zero-order chi connectivity index (χ0) is 10.5. The van der Waals surface area contributed by atoms with Crippen molar-refractivity contribution < 1.29 is 9.47 Å². The van der Waals surface area contributed by atoms with Crippen molar-refractivity contribution in [1.82, 2.24) is 10.3 Å². The predicted octanol–water partition coefficient (Wildman–Crippen LogP) is 1.22. The quantitative estimate of drug-likeness (QED) is 0.808. The molecule has 0 spiro atoms. The molecule has 1 atom stereocenters. The Bertz CT molecular complexity index is 311. The van der Waals surface area contributed by atoms with Crippen molar-refractivity contribution in [1.29, 1.82) is 0 Å². The minimum atomic E-state index is 0.245. The summed E-state index contributed by atoms with van der Waals surface area (Å²) in [5.74, 6) is 1.27. The lowest BCUT2D eigenvalue weighted by Crippen LogP contribution is -2.20. The van der Waals surface area contributed by atoms with Gasteiger partial charge >= 0.3 is 0 Å². The highest BCUT2D eigenvalue weighted by Gasteiger charge is 2.16. The lowest BCUT2D eigenvalue weighted by molar-refractivity contribution is 0.210. The Morgan fingerprint density at radius 1 is 1.47 bits per heavy atom. The topological polar surface area (TPSA) is 43.4 Å². The summed E-state index contributed by atoms with van der Waals surface area (Å²) in [6.45, 7) is 4.49. The van der Waals surface area contributed by atoms with E-state index in [1.54, 1.807) is 0 Å². The summed E-state index contributed by atoms with van der Waals surface area (Å²) in [6.07, 6.45) is 1.29. The standard InChI is InChI=1S/C11H16N2O2/c1-2-14-10-4-3-5-11(13-10)15-9-6-7-12-8-9/h3-5,9,12H,2,6-8H2,1H3. The van der Waals surface area contributed by atoms with Crippen molar-refractivity contribution in [2.24, 2.45) is 0 Å². The molecule has 0 aromatic carbocycles. The molecule has 82 valence electrons. The third-order valence-corrected chi connectivity index (χ3v) is 2.29. The number of aromatic nitrogens is 1. The summed E-state index contributed by atoms with van der Waals surface area (Å²) >= 11 is 0. The third-order valence-electron chi connectivity index (χ3n) is 2.29. The highest BCUT2D eigenvalue weighted by Crippen LogP contribution is 2.16. The lowest BCUT2D eigenvalue weighted by Gasteiger charge is -2.11. The molecule has 1 aromatic heterocycles. The van der Waals surface area contributed by atoms with E-state index in [1.807, 2.05) is 25.1 Å². The summed E-state index contributed by atoms with van der Waals surface area (Å²) in [4.78, 5) is 4.25. The van der Waals surface area contributed by atoms with Crippen molar-refractivity contribution in [2.75, 3.05) is 19.7 Å². The Labute approximate surface area is 89.6 Å². The van der Waals surface area contributed by atoms with Crippen LogP contribution in [-0.4, -0.2) is 30.8 Å². The Hall–Kier alpha value is -1.29. The van der Waals surface area contributed by atoms with Crippen LogP contribution in [0.3, 0.4) is 0 Å². The molecule has 0 aliphatic carbocycles. The molecule has 2 rings (SSSR count). The van der Waals surface area contributed by atoms with Crippen LogP contribution in [0.25, 0.3) is 0 Å². The molecule has 2 heterocycles. The van der Waals surface area contributed by atoms with Crippen molar-refractivity contribution >= 4 is 0 Å². The molecule has 0 saturated carbocycles. The second-order valence-electron chi connectivity index (χ2n) is 3.48. The molecule has 1 fully saturated rings. The van der Waals surface area contributed by atoms with E-state index >= 15 is 0 Å². The largest absolute Gasteiger partial charge is 0.478 e. The van der Waals surface area contributed by atoms with E-state index in [0.717, 1.165) is 19.5 Å². The van der Waals surface area contributed by atoms with Crippen LogP contribution in [0, 0.1) is 0 Å². The second kappa shape index (κ2) is 4.98. The molecule has 0 bridgehead atoms. The van der Waals surface area contributed by atoms with Gasteiger partial charge in [0, 0.05) is 18.7 Å². The SMILES string of the molecule is CCOc1cccc(OC2CCNC2)n1. The van der Waals surface area contributed by atoms with Gasteiger partial charge in [0.25, 0.3) is 0 Å². The van der Waals surface area contributed by atoms with E-state index in [0.29, 0.717) is 18.4 Å². The Balaban J connectivity index is 1.97. The predicted molar refractivity (Wildman–Crippen MR) is 57.3 cm³/mol. The van der Waals surface area contributed by atoms with Crippen LogP contribution in [0.4, 0.5) is 0 Å². The van der Waals surface area contributed by atoms with Gasteiger partial charge in [-0.2, -0.15) is 4.98 Å². The summed E-state index contributed by atoms with van der Waals surface area (Å²) in [7, 11) is 0. The molecular formula is C11H16N2O2. The monoisotopic (exact) mass is 208 g/mol. The number of rotatable bonds is 4. The molecule has 1 N–H and O–H groups in total. The summed E-state index contributed by atoms with van der Waals surface area (Å²) in [5.41, 5.74) is 0. The van der Waals surface area contributed by atoms with Crippen molar-refractivity contribution in [3.05, 3.63) is 18.2 Å². The van der Waals surface area contributed by atoms with Crippen molar-refractivity contribution in [3.63, 3.8) is 0 Å². The minimum Gasteiger partial charge on any atom is -0.478 e. The molecule has 1 aliphatic rings. The average Bonchev–Trinajstić information content (AvgIpc) is 2.71. The summed E-state index contributed by atoms with van der Waals surface area (Å²) in [5, 5.41) is 3.25. The van der Waals surface area contributed by atoms with E-state index in [9.17, 15) is 0 Å². The number of pyridine rings is 1. The van der Waals surface area contributed by atoms with Crippen LogP contribution in [0.15, 0.2) is 18.2 Å². The molecule has 1 aliphatic heterocycles. The van der Waals surface area contributed by atoms with Crippen LogP contribution in [0.1, 0.15) is 13.3 Å². The van der Waals surface area contributed by atoms with Gasteiger partial charge in [-0.3, -0.25) is 0 Å². The first-order valence-corrected chi connectivity index (χ1v) is 5.35. The van der Waals surface area contributed by atoms with E-state index in [2.05, 4.69) is 10.3 Å². The highest BCUT2D eigenvalue weighted by atomic mass is 16.5. The first-order valence-electron chi connectivity index (χ1n) is 5.35. The van der Waals surface area contributed by atoms with Gasteiger partial charge in [-0.1, -0.05) is 6.07 Å². The van der Waals surface area contributed by atoms with Crippen LogP contribution in [0.5, 0.6) is 11.8 Å². The number of ether oxygens (including phenoxy) is 2. The first kappa shape index (κ1) is 10.2. The second-order valence-corrected chi connectivity index (χ2v) is 3.48. The summed E-state index contributed by atoms with van der Waals surface area (Å²) < 4.78 is 11.0. The Morgan fingerprint density at radius 2 is 2.33 bits per heavy atom. The Morgan fingerprint density at radius 3 is 3.07 bits per heavy atom. The van der Waals surface area contributed by atoms with E-state index < -0.39 is 0 Å². The van der Waals surface area contributed by atoms with Gasteiger partial charge in [-0.15, -0.1) is 0 Å². The number of nitrogens with one attached hydrogen (secondary N) is 1. The molecule has 15 heavy (non-hydrogen) atoms. The number of hydrogen-bond acceptors (Lipinski definition) is 4. The van der Waals surface area contributed by atoms with Gasteiger partial charge in [0.2, 0.25) is 11.8 Å². The van der Waals surface area contributed by atoms with Gasteiger partial charge in [-0.05, 0) is 19.9 Å². The molecule has 0 radical (unpaired) electrons. The van der Waals surface area contributed by atoms with Crippen LogP contribution in [-0.2, 0) is 0 Å².